The van der Waals surface area contributed by atoms with Gasteiger partial charge in [-0.15, -0.1) is 0 Å². The van der Waals surface area contributed by atoms with Crippen molar-refractivity contribution in [2.24, 2.45) is 11.3 Å². The van der Waals surface area contributed by atoms with Crippen molar-refractivity contribution in [2.45, 2.75) is 59.4 Å². The maximum Gasteiger partial charge on any atom is 0.0684 e. The van der Waals surface area contributed by atoms with Crippen LogP contribution in [-0.4, -0.2) is 36.6 Å². The van der Waals surface area contributed by atoms with Gasteiger partial charge in [0, 0.05) is 5.54 Å². The Morgan fingerprint density at radius 2 is 1.74 bits per heavy atom. The molecule has 0 amide bonds. The first-order chi connectivity index (χ1) is 8.72. The molecule has 0 bridgehead atoms. The van der Waals surface area contributed by atoms with E-state index in [1.54, 1.807) is 0 Å². The predicted molar refractivity (Wildman–Crippen MR) is 80.9 cm³/mol. The Balaban J connectivity index is 2.21. The Morgan fingerprint density at radius 1 is 1.16 bits per heavy atom. The van der Waals surface area contributed by atoms with Crippen LogP contribution in [0.4, 0.5) is 0 Å². The van der Waals surface area contributed by atoms with E-state index in [1.165, 1.54) is 25.9 Å². The standard InChI is InChI=1S/C16H31N3/c1-15(2,3)18-12-14-6-9-19(10-7-14)11-8-16(4,5)13-17/h14,18H,6-12H2,1-5H3. The summed E-state index contributed by atoms with van der Waals surface area (Å²) in [5, 5.41) is 12.6. The summed E-state index contributed by atoms with van der Waals surface area (Å²) in [5.41, 5.74) is 0.0542. The molecule has 0 aromatic carbocycles. The van der Waals surface area contributed by atoms with Crippen molar-refractivity contribution in [3.8, 4) is 6.07 Å². The molecule has 3 nitrogen and oxygen atoms in total. The van der Waals surface area contributed by atoms with Crippen molar-refractivity contribution in [3.63, 3.8) is 0 Å². The fourth-order valence-electron chi connectivity index (χ4n) is 2.36. The summed E-state index contributed by atoms with van der Waals surface area (Å²) in [6.07, 6.45) is 3.56. The molecule has 0 spiro atoms. The summed E-state index contributed by atoms with van der Waals surface area (Å²) in [6.45, 7) is 15.3. The molecular formula is C16H31N3. The first-order valence-electron chi connectivity index (χ1n) is 7.60. The molecule has 0 atom stereocenters. The second-order valence-corrected chi connectivity index (χ2v) is 7.66. The summed E-state index contributed by atoms with van der Waals surface area (Å²) in [4.78, 5) is 2.52. The lowest BCUT2D eigenvalue weighted by molar-refractivity contribution is 0.163. The highest BCUT2D eigenvalue weighted by molar-refractivity contribution is 4.92. The molecule has 0 unspecified atom stereocenters. The average Bonchev–Trinajstić information content (AvgIpc) is 2.34. The van der Waals surface area contributed by atoms with E-state index in [-0.39, 0.29) is 11.0 Å². The zero-order valence-corrected chi connectivity index (χ0v) is 13.4. The maximum absolute atomic E-state index is 9.03. The van der Waals surface area contributed by atoms with Crippen molar-refractivity contribution in [1.82, 2.24) is 10.2 Å². The van der Waals surface area contributed by atoms with Gasteiger partial charge >= 0.3 is 0 Å². The molecule has 110 valence electrons. The summed E-state index contributed by atoms with van der Waals surface area (Å²) in [6, 6.07) is 2.39. The van der Waals surface area contributed by atoms with Gasteiger partial charge in [-0.2, -0.15) is 5.26 Å². The third-order valence-electron chi connectivity index (χ3n) is 3.98. The van der Waals surface area contributed by atoms with E-state index in [0.717, 1.165) is 25.4 Å². The molecule has 1 aliphatic heterocycles. The first-order valence-corrected chi connectivity index (χ1v) is 7.60. The molecule has 1 aliphatic rings. The molecule has 0 radical (unpaired) electrons. The first kappa shape index (κ1) is 16.5. The van der Waals surface area contributed by atoms with Crippen LogP contribution in [0.5, 0.6) is 0 Å². The van der Waals surface area contributed by atoms with E-state index < -0.39 is 0 Å². The zero-order valence-electron chi connectivity index (χ0n) is 13.4. The van der Waals surface area contributed by atoms with Crippen molar-refractivity contribution >= 4 is 0 Å². The second-order valence-electron chi connectivity index (χ2n) is 7.66. The molecule has 3 heteroatoms. The Hall–Kier alpha value is -0.590. The van der Waals surface area contributed by atoms with Gasteiger partial charge in [-0.05, 0) is 86.0 Å². The van der Waals surface area contributed by atoms with Gasteiger partial charge in [-0.25, -0.2) is 0 Å². The summed E-state index contributed by atoms with van der Waals surface area (Å²) < 4.78 is 0. The SMILES string of the molecule is CC(C)(C#N)CCN1CCC(CNC(C)(C)C)CC1. The minimum atomic E-state index is -0.176. The minimum absolute atomic E-state index is 0.176. The summed E-state index contributed by atoms with van der Waals surface area (Å²) >= 11 is 0. The Morgan fingerprint density at radius 3 is 2.21 bits per heavy atom. The Kier molecular flexibility index (Phi) is 5.82. The van der Waals surface area contributed by atoms with Gasteiger partial charge in [0.25, 0.3) is 0 Å². The highest BCUT2D eigenvalue weighted by Gasteiger charge is 2.23. The second kappa shape index (κ2) is 6.72. The van der Waals surface area contributed by atoms with E-state index in [1.807, 2.05) is 13.8 Å². The van der Waals surface area contributed by atoms with Crippen LogP contribution >= 0.6 is 0 Å². The van der Waals surface area contributed by atoms with E-state index in [4.69, 9.17) is 5.26 Å². The maximum atomic E-state index is 9.03. The van der Waals surface area contributed by atoms with Gasteiger partial charge in [-0.1, -0.05) is 0 Å². The lowest BCUT2D eigenvalue weighted by Crippen LogP contribution is -2.43. The number of hydrogen-bond acceptors (Lipinski definition) is 3. The summed E-state index contributed by atoms with van der Waals surface area (Å²) in [7, 11) is 0. The van der Waals surface area contributed by atoms with Crippen LogP contribution in [0.1, 0.15) is 53.9 Å². The lowest BCUT2D eigenvalue weighted by atomic mass is 9.90. The highest BCUT2D eigenvalue weighted by Crippen LogP contribution is 2.22. The molecule has 0 aromatic heterocycles. The Bertz CT molecular complexity index is 301. The lowest BCUT2D eigenvalue weighted by Gasteiger charge is -2.34. The fourth-order valence-corrected chi connectivity index (χ4v) is 2.36. The van der Waals surface area contributed by atoms with Crippen LogP contribution in [0.25, 0.3) is 0 Å². The van der Waals surface area contributed by atoms with Crippen LogP contribution in [0.2, 0.25) is 0 Å². The molecule has 0 saturated carbocycles. The van der Waals surface area contributed by atoms with E-state index in [2.05, 4.69) is 37.1 Å². The van der Waals surface area contributed by atoms with Gasteiger partial charge in [0.1, 0.15) is 0 Å². The quantitative estimate of drug-likeness (QED) is 0.830. The zero-order chi connectivity index (χ0) is 14.5. The van der Waals surface area contributed by atoms with Crippen LogP contribution in [0.3, 0.4) is 0 Å². The largest absolute Gasteiger partial charge is 0.312 e. The summed E-state index contributed by atoms with van der Waals surface area (Å²) in [5.74, 6) is 0.819. The smallest absolute Gasteiger partial charge is 0.0684 e. The van der Waals surface area contributed by atoms with Crippen LogP contribution in [-0.2, 0) is 0 Å². The number of likely N-dealkylation sites (tertiary alicyclic amines) is 1. The van der Waals surface area contributed by atoms with Gasteiger partial charge in [0.2, 0.25) is 0 Å². The van der Waals surface area contributed by atoms with Gasteiger partial charge in [-0.3, -0.25) is 0 Å². The third kappa shape index (κ3) is 6.94. The van der Waals surface area contributed by atoms with E-state index >= 15 is 0 Å². The minimum Gasteiger partial charge on any atom is -0.312 e. The molecule has 0 aliphatic carbocycles. The van der Waals surface area contributed by atoms with Crippen molar-refractivity contribution in [1.29, 1.82) is 5.26 Å². The van der Waals surface area contributed by atoms with Crippen LogP contribution < -0.4 is 5.32 Å². The van der Waals surface area contributed by atoms with Crippen molar-refractivity contribution in [2.75, 3.05) is 26.2 Å². The van der Waals surface area contributed by atoms with Crippen molar-refractivity contribution in [3.05, 3.63) is 0 Å². The number of piperidine rings is 1. The molecule has 1 heterocycles. The highest BCUT2D eigenvalue weighted by atomic mass is 15.1. The topological polar surface area (TPSA) is 39.1 Å². The van der Waals surface area contributed by atoms with Gasteiger partial charge in [0.05, 0.1) is 11.5 Å². The molecule has 0 aromatic rings. The number of nitrogens with one attached hydrogen (secondary N) is 1. The molecular weight excluding hydrogens is 234 g/mol. The van der Waals surface area contributed by atoms with Gasteiger partial charge < -0.3 is 10.2 Å². The molecule has 1 saturated heterocycles. The normalized spacial score (nSPS) is 19.4. The Labute approximate surface area is 119 Å². The van der Waals surface area contributed by atoms with E-state index in [9.17, 15) is 0 Å². The molecule has 1 N–H and O–H groups in total. The number of rotatable bonds is 5. The predicted octanol–water partition coefficient (Wildman–Crippen LogP) is 3.03. The average molecular weight is 265 g/mol. The molecule has 1 fully saturated rings. The van der Waals surface area contributed by atoms with Crippen LogP contribution in [0.15, 0.2) is 0 Å². The molecule has 1 rings (SSSR count). The molecule has 19 heavy (non-hydrogen) atoms. The number of nitrogens with zero attached hydrogens (tertiary/aromatic N) is 2. The number of hydrogen-bond donors (Lipinski definition) is 1. The van der Waals surface area contributed by atoms with Crippen molar-refractivity contribution < 1.29 is 0 Å². The fraction of sp³-hybridized carbons (Fsp3) is 0.938. The van der Waals surface area contributed by atoms with Gasteiger partial charge in [0.15, 0.2) is 0 Å². The number of nitriles is 1. The monoisotopic (exact) mass is 265 g/mol. The van der Waals surface area contributed by atoms with Crippen LogP contribution in [0, 0.1) is 22.7 Å². The van der Waals surface area contributed by atoms with E-state index in [0.29, 0.717) is 0 Å². The third-order valence-corrected chi connectivity index (χ3v) is 3.98.